The van der Waals surface area contributed by atoms with Crippen LogP contribution < -0.4 is 15.2 Å². The fourth-order valence-corrected chi connectivity index (χ4v) is 4.32. The molecular formula is C16H21NO2. The van der Waals surface area contributed by atoms with Crippen molar-refractivity contribution in [1.29, 1.82) is 0 Å². The van der Waals surface area contributed by atoms with Crippen molar-refractivity contribution in [3.63, 3.8) is 0 Å². The molecule has 2 aliphatic carbocycles. The van der Waals surface area contributed by atoms with Crippen LogP contribution in [-0.4, -0.2) is 13.2 Å². The van der Waals surface area contributed by atoms with Crippen molar-refractivity contribution in [3.05, 3.63) is 23.8 Å². The van der Waals surface area contributed by atoms with Gasteiger partial charge in [-0.25, -0.2) is 0 Å². The van der Waals surface area contributed by atoms with Crippen LogP contribution >= 0.6 is 0 Å². The van der Waals surface area contributed by atoms with Crippen LogP contribution in [0.15, 0.2) is 18.2 Å². The van der Waals surface area contributed by atoms with E-state index in [4.69, 9.17) is 15.2 Å². The minimum absolute atomic E-state index is 0.139. The Labute approximate surface area is 114 Å². The lowest BCUT2D eigenvalue weighted by molar-refractivity contribution is 0.0309. The first-order valence-corrected chi connectivity index (χ1v) is 7.38. The highest BCUT2D eigenvalue weighted by Crippen LogP contribution is 2.60. The largest absolute Gasteiger partial charge is 0.486 e. The van der Waals surface area contributed by atoms with Gasteiger partial charge < -0.3 is 15.2 Å². The lowest BCUT2D eigenvalue weighted by Gasteiger charge is -2.53. The van der Waals surface area contributed by atoms with Crippen molar-refractivity contribution < 1.29 is 9.47 Å². The third kappa shape index (κ3) is 1.75. The summed E-state index contributed by atoms with van der Waals surface area (Å²) in [4.78, 5) is 0. The van der Waals surface area contributed by atoms with Crippen LogP contribution in [0, 0.1) is 5.41 Å². The summed E-state index contributed by atoms with van der Waals surface area (Å²) in [5, 5.41) is 0. The van der Waals surface area contributed by atoms with Crippen LogP contribution in [0.3, 0.4) is 0 Å². The number of hydrogen-bond acceptors (Lipinski definition) is 3. The second kappa shape index (κ2) is 3.89. The van der Waals surface area contributed by atoms with Crippen molar-refractivity contribution in [2.75, 3.05) is 13.2 Å². The smallest absolute Gasteiger partial charge is 0.161 e. The Hall–Kier alpha value is -1.22. The minimum atomic E-state index is -0.139. The van der Waals surface area contributed by atoms with Gasteiger partial charge in [0.05, 0.1) is 0 Å². The molecule has 2 N–H and O–H groups in total. The van der Waals surface area contributed by atoms with E-state index in [2.05, 4.69) is 12.1 Å². The maximum absolute atomic E-state index is 6.62. The monoisotopic (exact) mass is 259 g/mol. The van der Waals surface area contributed by atoms with Crippen molar-refractivity contribution in [2.45, 2.75) is 44.1 Å². The van der Waals surface area contributed by atoms with Crippen molar-refractivity contribution in [1.82, 2.24) is 0 Å². The molecule has 1 aliphatic heterocycles. The Morgan fingerprint density at radius 3 is 2.37 bits per heavy atom. The molecule has 4 rings (SSSR count). The molecule has 2 fully saturated rings. The molecule has 0 unspecified atom stereocenters. The van der Waals surface area contributed by atoms with Gasteiger partial charge in [-0.2, -0.15) is 0 Å². The number of ether oxygens (including phenoxy) is 2. The third-order valence-electron chi connectivity index (χ3n) is 5.16. The maximum atomic E-state index is 6.62. The molecular weight excluding hydrogens is 238 g/mol. The lowest BCUT2D eigenvalue weighted by Crippen LogP contribution is -2.54. The fraction of sp³-hybridized carbons (Fsp3) is 0.625. The SMILES string of the molecule is NC1(c2ccc3c(c2)OCCO3)CC2(CCCC2)C1. The molecule has 1 aromatic rings. The molecule has 19 heavy (non-hydrogen) atoms. The fourth-order valence-electron chi connectivity index (χ4n) is 4.32. The van der Waals surface area contributed by atoms with E-state index in [0.717, 1.165) is 24.3 Å². The lowest BCUT2D eigenvalue weighted by atomic mass is 9.54. The molecule has 1 aromatic carbocycles. The van der Waals surface area contributed by atoms with E-state index in [1.807, 2.05) is 6.07 Å². The summed E-state index contributed by atoms with van der Waals surface area (Å²) < 4.78 is 11.2. The predicted octanol–water partition coefficient (Wildman–Crippen LogP) is 2.97. The topological polar surface area (TPSA) is 44.5 Å². The summed E-state index contributed by atoms with van der Waals surface area (Å²) in [6.07, 6.45) is 7.79. The Balaban J connectivity index is 1.59. The maximum Gasteiger partial charge on any atom is 0.161 e. The van der Waals surface area contributed by atoms with Crippen LogP contribution in [0.1, 0.15) is 44.1 Å². The van der Waals surface area contributed by atoms with E-state index in [-0.39, 0.29) is 5.54 Å². The van der Waals surface area contributed by atoms with Gasteiger partial charge in [0.2, 0.25) is 0 Å². The molecule has 1 spiro atoms. The van der Waals surface area contributed by atoms with Gasteiger partial charge in [0.15, 0.2) is 11.5 Å². The Bertz CT molecular complexity index is 497. The number of nitrogens with two attached hydrogens (primary N) is 1. The van der Waals surface area contributed by atoms with Crippen LogP contribution in [0.2, 0.25) is 0 Å². The van der Waals surface area contributed by atoms with Crippen LogP contribution in [0.25, 0.3) is 0 Å². The molecule has 102 valence electrons. The molecule has 0 radical (unpaired) electrons. The van der Waals surface area contributed by atoms with Crippen LogP contribution in [0.4, 0.5) is 0 Å². The average molecular weight is 259 g/mol. The molecule has 0 atom stereocenters. The highest BCUT2D eigenvalue weighted by Gasteiger charge is 2.53. The highest BCUT2D eigenvalue weighted by atomic mass is 16.6. The summed E-state index contributed by atoms with van der Waals surface area (Å²) in [5.74, 6) is 1.72. The normalized spacial score (nSPS) is 26.2. The van der Waals surface area contributed by atoms with Gasteiger partial charge in [-0.05, 0) is 48.8 Å². The molecule has 0 aromatic heterocycles. The first kappa shape index (κ1) is 11.6. The van der Waals surface area contributed by atoms with Gasteiger partial charge in [-0.3, -0.25) is 0 Å². The van der Waals surface area contributed by atoms with E-state index in [9.17, 15) is 0 Å². The standard InChI is InChI=1S/C16H21NO2/c17-16(10-15(11-16)5-1-2-6-15)12-3-4-13-14(9-12)19-8-7-18-13/h3-4,9H,1-2,5-8,10-11,17H2. The number of fused-ring (bicyclic) bond motifs is 1. The van der Waals surface area contributed by atoms with Crippen LogP contribution in [-0.2, 0) is 5.54 Å². The van der Waals surface area contributed by atoms with Gasteiger partial charge >= 0.3 is 0 Å². The van der Waals surface area contributed by atoms with Crippen molar-refractivity contribution >= 4 is 0 Å². The van der Waals surface area contributed by atoms with E-state index >= 15 is 0 Å². The van der Waals surface area contributed by atoms with E-state index in [1.54, 1.807) is 0 Å². The van der Waals surface area contributed by atoms with Gasteiger partial charge in [-0.1, -0.05) is 18.9 Å². The summed E-state index contributed by atoms with van der Waals surface area (Å²) in [6.45, 7) is 1.28. The first-order valence-electron chi connectivity index (χ1n) is 7.38. The van der Waals surface area contributed by atoms with Gasteiger partial charge in [0.25, 0.3) is 0 Å². The molecule has 2 saturated carbocycles. The molecule has 1 heterocycles. The van der Waals surface area contributed by atoms with E-state index < -0.39 is 0 Å². The number of benzene rings is 1. The Morgan fingerprint density at radius 1 is 0.947 bits per heavy atom. The summed E-state index contributed by atoms with van der Waals surface area (Å²) >= 11 is 0. The molecule has 0 amide bonds. The quantitative estimate of drug-likeness (QED) is 0.843. The van der Waals surface area contributed by atoms with Gasteiger partial charge in [-0.15, -0.1) is 0 Å². The van der Waals surface area contributed by atoms with Crippen LogP contribution in [0.5, 0.6) is 11.5 Å². The molecule has 3 heteroatoms. The Kier molecular flexibility index (Phi) is 2.37. The molecule has 3 aliphatic rings. The van der Waals surface area contributed by atoms with E-state index in [1.165, 1.54) is 31.2 Å². The first-order chi connectivity index (χ1) is 9.19. The summed E-state index contributed by atoms with van der Waals surface area (Å²) in [5.41, 5.74) is 8.25. The number of hydrogen-bond donors (Lipinski definition) is 1. The third-order valence-corrected chi connectivity index (χ3v) is 5.16. The average Bonchev–Trinajstić information content (AvgIpc) is 2.86. The minimum Gasteiger partial charge on any atom is -0.486 e. The van der Waals surface area contributed by atoms with Gasteiger partial charge in [0.1, 0.15) is 13.2 Å². The molecule has 0 saturated heterocycles. The second-order valence-corrected chi connectivity index (χ2v) is 6.58. The second-order valence-electron chi connectivity index (χ2n) is 6.58. The zero-order valence-electron chi connectivity index (χ0n) is 11.3. The van der Waals surface area contributed by atoms with E-state index in [0.29, 0.717) is 18.6 Å². The van der Waals surface area contributed by atoms with Gasteiger partial charge in [0, 0.05) is 5.54 Å². The number of rotatable bonds is 1. The predicted molar refractivity (Wildman–Crippen MR) is 73.4 cm³/mol. The molecule has 3 nitrogen and oxygen atoms in total. The molecule has 0 bridgehead atoms. The van der Waals surface area contributed by atoms with Crippen molar-refractivity contribution in [2.24, 2.45) is 11.1 Å². The summed E-state index contributed by atoms with van der Waals surface area (Å²) in [7, 11) is 0. The zero-order valence-corrected chi connectivity index (χ0v) is 11.3. The summed E-state index contributed by atoms with van der Waals surface area (Å²) in [6, 6.07) is 6.23. The van der Waals surface area contributed by atoms with Crippen molar-refractivity contribution in [3.8, 4) is 11.5 Å². The zero-order chi connectivity index (χ0) is 12.9. The highest BCUT2D eigenvalue weighted by molar-refractivity contribution is 5.46. The Morgan fingerprint density at radius 2 is 1.63 bits per heavy atom.